The van der Waals surface area contributed by atoms with Crippen molar-refractivity contribution in [2.75, 3.05) is 0 Å². The van der Waals surface area contributed by atoms with Gasteiger partial charge in [0.05, 0.1) is 0 Å². The van der Waals surface area contributed by atoms with Gasteiger partial charge >= 0.3 is 0 Å². The van der Waals surface area contributed by atoms with Gasteiger partial charge in [-0.3, -0.25) is 0 Å². The van der Waals surface area contributed by atoms with Crippen molar-refractivity contribution in [1.82, 2.24) is 0 Å². The van der Waals surface area contributed by atoms with Crippen LogP contribution in [-0.4, -0.2) is 0 Å². The fourth-order valence-corrected chi connectivity index (χ4v) is 3.31. The zero-order chi connectivity index (χ0) is 10.0. The highest BCUT2D eigenvalue weighted by molar-refractivity contribution is 4.82. The van der Waals surface area contributed by atoms with Crippen LogP contribution in [0.25, 0.3) is 0 Å². The molecule has 0 bridgehead atoms. The second kappa shape index (κ2) is 4.48. The molecule has 0 heteroatoms. The Morgan fingerprint density at radius 1 is 0.846 bits per heavy atom. The van der Waals surface area contributed by atoms with Gasteiger partial charge in [0.1, 0.15) is 0 Å². The summed E-state index contributed by atoms with van der Waals surface area (Å²) in [5, 5.41) is 0. The minimum Gasteiger partial charge on any atom is -0.0625 e. The summed E-state index contributed by atoms with van der Waals surface area (Å²) in [6.07, 6.45) is 4.42. The smallest absolute Gasteiger partial charge is 0.0363 e. The maximum Gasteiger partial charge on any atom is -0.0363 e. The van der Waals surface area contributed by atoms with Crippen LogP contribution in [0.1, 0.15) is 53.9 Å². The molecule has 78 valence electrons. The average Bonchev–Trinajstić information content (AvgIpc) is 2.03. The molecule has 0 saturated heterocycles. The van der Waals surface area contributed by atoms with E-state index in [1.54, 1.807) is 0 Å². The SMILES string of the molecule is CC(C)C1CCCC(C(C)C)C1C. The summed E-state index contributed by atoms with van der Waals surface area (Å²) in [6.45, 7) is 12.1. The van der Waals surface area contributed by atoms with Gasteiger partial charge in [0.25, 0.3) is 0 Å². The van der Waals surface area contributed by atoms with Gasteiger partial charge in [0.2, 0.25) is 0 Å². The zero-order valence-corrected chi connectivity index (χ0v) is 10.0. The Balaban J connectivity index is 2.60. The lowest BCUT2D eigenvalue weighted by atomic mass is 9.65. The van der Waals surface area contributed by atoms with E-state index in [9.17, 15) is 0 Å². The molecule has 0 amide bonds. The largest absolute Gasteiger partial charge is 0.0625 e. The molecular weight excluding hydrogens is 156 g/mol. The molecule has 0 aromatic carbocycles. The van der Waals surface area contributed by atoms with Gasteiger partial charge in [0, 0.05) is 0 Å². The van der Waals surface area contributed by atoms with Gasteiger partial charge in [-0.2, -0.15) is 0 Å². The highest BCUT2D eigenvalue weighted by atomic mass is 14.4. The normalized spacial score (nSPS) is 35.8. The molecule has 0 aromatic heterocycles. The van der Waals surface area contributed by atoms with E-state index >= 15 is 0 Å². The molecule has 1 aliphatic rings. The molecule has 1 fully saturated rings. The Hall–Kier alpha value is 0. The van der Waals surface area contributed by atoms with Gasteiger partial charge in [0.15, 0.2) is 0 Å². The maximum absolute atomic E-state index is 2.48. The molecule has 0 aliphatic heterocycles. The van der Waals surface area contributed by atoms with E-state index in [4.69, 9.17) is 0 Å². The predicted molar refractivity (Wildman–Crippen MR) is 59.7 cm³/mol. The highest BCUT2D eigenvalue weighted by Crippen LogP contribution is 2.41. The lowest BCUT2D eigenvalue weighted by molar-refractivity contribution is 0.0966. The van der Waals surface area contributed by atoms with Crippen LogP contribution >= 0.6 is 0 Å². The molecule has 2 atom stereocenters. The highest BCUT2D eigenvalue weighted by Gasteiger charge is 2.32. The second-order valence-electron chi connectivity index (χ2n) is 5.61. The molecule has 13 heavy (non-hydrogen) atoms. The van der Waals surface area contributed by atoms with E-state index < -0.39 is 0 Å². The molecule has 0 spiro atoms. The van der Waals surface area contributed by atoms with Crippen molar-refractivity contribution in [3.63, 3.8) is 0 Å². The molecular formula is C13H26. The molecule has 1 saturated carbocycles. The first-order valence-corrected chi connectivity index (χ1v) is 6.04. The summed E-state index contributed by atoms with van der Waals surface area (Å²) in [5.74, 6) is 4.70. The van der Waals surface area contributed by atoms with Crippen LogP contribution < -0.4 is 0 Å². The van der Waals surface area contributed by atoms with Crippen molar-refractivity contribution < 1.29 is 0 Å². The van der Waals surface area contributed by atoms with E-state index in [1.807, 2.05) is 0 Å². The standard InChI is InChI=1S/C13H26/c1-9(2)12-7-6-8-13(10(3)4)11(12)5/h9-13H,6-8H2,1-5H3. The lowest BCUT2D eigenvalue weighted by Crippen LogP contribution is -2.32. The van der Waals surface area contributed by atoms with Crippen LogP contribution in [0.2, 0.25) is 0 Å². The third-order valence-corrected chi connectivity index (χ3v) is 4.14. The van der Waals surface area contributed by atoms with Crippen LogP contribution in [0.5, 0.6) is 0 Å². The third-order valence-electron chi connectivity index (χ3n) is 4.14. The van der Waals surface area contributed by atoms with E-state index in [2.05, 4.69) is 34.6 Å². The summed E-state index contributed by atoms with van der Waals surface area (Å²) in [6, 6.07) is 0. The van der Waals surface area contributed by atoms with Gasteiger partial charge in [-0.15, -0.1) is 0 Å². The quantitative estimate of drug-likeness (QED) is 0.595. The van der Waals surface area contributed by atoms with E-state index in [-0.39, 0.29) is 0 Å². The van der Waals surface area contributed by atoms with Crippen molar-refractivity contribution in [3.05, 3.63) is 0 Å². The molecule has 0 aromatic rings. The van der Waals surface area contributed by atoms with Crippen LogP contribution in [-0.2, 0) is 0 Å². The maximum atomic E-state index is 2.48. The van der Waals surface area contributed by atoms with Crippen molar-refractivity contribution in [1.29, 1.82) is 0 Å². The minimum absolute atomic E-state index is 0.886. The fourth-order valence-electron chi connectivity index (χ4n) is 3.31. The van der Waals surface area contributed by atoms with Gasteiger partial charge < -0.3 is 0 Å². The minimum atomic E-state index is 0.886. The van der Waals surface area contributed by atoms with Crippen LogP contribution in [0.4, 0.5) is 0 Å². The first-order valence-electron chi connectivity index (χ1n) is 6.04. The number of rotatable bonds is 2. The van der Waals surface area contributed by atoms with Gasteiger partial charge in [-0.05, 0) is 42.4 Å². The van der Waals surface area contributed by atoms with Gasteiger partial charge in [-0.25, -0.2) is 0 Å². The monoisotopic (exact) mass is 182 g/mol. The van der Waals surface area contributed by atoms with Crippen LogP contribution in [0.15, 0.2) is 0 Å². The average molecular weight is 182 g/mol. The Kier molecular flexibility index (Phi) is 3.82. The number of hydrogen-bond acceptors (Lipinski definition) is 0. The van der Waals surface area contributed by atoms with Crippen molar-refractivity contribution in [2.24, 2.45) is 29.6 Å². The molecule has 0 N–H and O–H groups in total. The lowest BCUT2D eigenvalue weighted by Gasteiger charge is -2.40. The topological polar surface area (TPSA) is 0 Å². The van der Waals surface area contributed by atoms with Gasteiger partial charge in [-0.1, -0.05) is 41.0 Å². The molecule has 0 nitrogen and oxygen atoms in total. The predicted octanol–water partition coefficient (Wildman–Crippen LogP) is 4.35. The van der Waals surface area contributed by atoms with E-state index in [0.717, 1.165) is 29.6 Å². The Labute approximate surface area is 84.1 Å². The van der Waals surface area contributed by atoms with Crippen LogP contribution in [0.3, 0.4) is 0 Å². The van der Waals surface area contributed by atoms with Crippen molar-refractivity contribution in [2.45, 2.75) is 53.9 Å². The van der Waals surface area contributed by atoms with Crippen molar-refractivity contribution in [3.8, 4) is 0 Å². The van der Waals surface area contributed by atoms with Crippen molar-refractivity contribution >= 4 is 0 Å². The summed E-state index contributed by atoms with van der Waals surface area (Å²) < 4.78 is 0. The number of hydrogen-bond donors (Lipinski definition) is 0. The summed E-state index contributed by atoms with van der Waals surface area (Å²) in [5.41, 5.74) is 0. The summed E-state index contributed by atoms with van der Waals surface area (Å²) in [7, 11) is 0. The Bertz CT molecular complexity index is 130. The fraction of sp³-hybridized carbons (Fsp3) is 1.00. The second-order valence-corrected chi connectivity index (χ2v) is 5.61. The van der Waals surface area contributed by atoms with E-state index in [1.165, 1.54) is 19.3 Å². The molecule has 0 radical (unpaired) electrons. The Morgan fingerprint density at radius 2 is 1.23 bits per heavy atom. The first-order chi connectivity index (χ1) is 6.04. The molecule has 1 rings (SSSR count). The van der Waals surface area contributed by atoms with E-state index in [0.29, 0.717) is 0 Å². The molecule has 2 unspecified atom stereocenters. The third kappa shape index (κ3) is 2.48. The molecule has 1 aliphatic carbocycles. The summed E-state index contributed by atoms with van der Waals surface area (Å²) in [4.78, 5) is 0. The first kappa shape index (κ1) is 11.1. The molecule has 0 heterocycles. The zero-order valence-electron chi connectivity index (χ0n) is 10.0. The summed E-state index contributed by atoms with van der Waals surface area (Å²) >= 11 is 0. The Morgan fingerprint density at radius 3 is 1.54 bits per heavy atom. The van der Waals surface area contributed by atoms with Crippen LogP contribution in [0, 0.1) is 29.6 Å².